The van der Waals surface area contributed by atoms with Crippen LogP contribution in [0.2, 0.25) is 5.28 Å². The van der Waals surface area contributed by atoms with Gasteiger partial charge >= 0.3 is 0 Å². The summed E-state index contributed by atoms with van der Waals surface area (Å²) < 4.78 is 1.90. The van der Waals surface area contributed by atoms with Crippen LogP contribution in [0.25, 0.3) is 0 Å². The van der Waals surface area contributed by atoms with E-state index in [-0.39, 0.29) is 5.92 Å². The lowest BCUT2D eigenvalue weighted by atomic mass is 9.88. The largest absolute Gasteiger partial charge is 0.336 e. The molecule has 1 saturated carbocycles. The summed E-state index contributed by atoms with van der Waals surface area (Å²) in [6, 6.07) is 0. The van der Waals surface area contributed by atoms with E-state index >= 15 is 0 Å². The molecule has 5 heteroatoms. The number of hydrogen-bond acceptors (Lipinski definition) is 2. The van der Waals surface area contributed by atoms with E-state index in [0.29, 0.717) is 17.7 Å². The molecule has 1 fully saturated rings. The highest BCUT2D eigenvalue weighted by atomic mass is 35.5. The van der Waals surface area contributed by atoms with Gasteiger partial charge in [0.1, 0.15) is 0 Å². The standard InChI is InChI=1S/C14H20ClN3O/c1-17-12-9-18(8-7-11(12)16-14(17)15)13(19)10-5-3-2-4-6-10/h10H,2-9H2,1H3. The Labute approximate surface area is 118 Å². The van der Waals surface area contributed by atoms with Crippen molar-refractivity contribution in [1.29, 1.82) is 0 Å². The first kappa shape index (κ1) is 13.0. The summed E-state index contributed by atoms with van der Waals surface area (Å²) in [4.78, 5) is 18.9. The molecule has 4 nitrogen and oxygen atoms in total. The average molecular weight is 282 g/mol. The second kappa shape index (κ2) is 5.16. The molecule has 0 bridgehead atoms. The van der Waals surface area contributed by atoms with Crippen LogP contribution >= 0.6 is 11.6 Å². The number of fused-ring (bicyclic) bond motifs is 1. The third-order valence-electron chi connectivity index (χ3n) is 4.47. The van der Waals surface area contributed by atoms with Crippen LogP contribution in [0.15, 0.2) is 0 Å². The van der Waals surface area contributed by atoms with Crippen LogP contribution < -0.4 is 0 Å². The van der Waals surface area contributed by atoms with Crippen molar-refractivity contribution in [3.8, 4) is 0 Å². The van der Waals surface area contributed by atoms with Gasteiger partial charge < -0.3 is 9.47 Å². The zero-order valence-electron chi connectivity index (χ0n) is 11.4. The van der Waals surface area contributed by atoms with Crippen molar-refractivity contribution in [2.45, 2.75) is 45.1 Å². The molecule has 1 aromatic heterocycles. The summed E-state index contributed by atoms with van der Waals surface area (Å²) in [6.45, 7) is 1.45. The highest BCUT2D eigenvalue weighted by molar-refractivity contribution is 6.28. The fourth-order valence-corrected chi connectivity index (χ4v) is 3.45. The predicted molar refractivity (Wildman–Crippen MR) is 73.9 cm³/mol. The van der Waals surface area contributed by atoms with Crippen LogP contribution in [0.1, 0.15) is 43.5 Å². The van der Waals surface area contributed by atoms with Gasteiger partial charge in [0, 0.05) is 25.9 Å². The van der Waals surface area contributed by atoms with Crippen molar-refractivity contribution in [3.63, 3.8) is 0 Å². The Morgan fingerprint density at radius 3 is 2.79 bits per heavy atom. The summed E-state index contributed by atoms with van der Waals surface area (Å²) in [5, 5.41) is 0.525. The zero-order valence-corrected chi connectivity index (χ0v) is 12.1. The van der Waals surface area contributed by atoms with Gasteiger partial charge in [-0.15, -0.1) is 0 Å². The number of rotatable bonds is 1. The van der Waals surface area contributed by atoms with E-state index < -0.39 is 0 Å². The normalized spacial score (nSPS) is 20.4. The smallest absolute Gasteiger partial charge is 0.226 e. The van der Waals surface area contributed by atoms with Crippen molar-refractivity contribution in [3.05, 3.63) is 16.7 Å². The van der Waals surface area contributed by atoms with Gasteiger partial charge in [0.25, 0.3) is 0 Å². The fourth-order valence-electron chi connectivity index (χ4n) is 3.25. The second-order valence-corrected chi connectivity index (χ2v) is 6.02. The first-order chi connectivity index (χ1) is 9.16. The maximum absolute atomic E-state index is 12.5. The Morgan fingerprint density at radius 1 is 1.32 bits per heavy atom. The lowest BCUT2D eigenvalue weighted by Crippen LogP contribution is -2.40. The maximum atomic E-state index is 12.5. The number of aromatic nitrogens is 2. The van der Waals surface area contributed by atoms with Crippen LogP contribution in [0, 0.1) is 5.92 Å². The Kier molecular flexibility index (Phi) is 3.52. The maximum Gasteiger partial charge on any atom is 0.226 e. The van der Waals surface area contributed by atoms with Crippen molar-refractivity contribution < 1.29 is 4.79 Å². The molecule has 0 N–H and O–H groups in total. The molecule has 104 valence electrons. The molecule has 1 aliphatic heterocycles. The molecule has 0 radical (unpaired) electrons. The first-order valence-electron chi connectivity index (χ1n) is 7.15. The molecule has 3 rings (SSSR count). The summed E-state index contributed by atoms with van der Waals surface area (Å²) in [7, 11) is 1.92. The Bertz CT molecular complexity index is 491. The van der Waals surface area contributed by atoms with Crippen molar-refractivity contribution in [2.75, 3.05) is 6.54 Å². The number of nitrogens with zero attached hydrogens (tertiary/aromatic N) is 3. The summed E-state index contributed by atoms with van der Waals surface area (Å²) in [6.07, 6.45) is 6.64. The highest BCUT2D eigenvalue weighted by Crippen LogP contribution is 2.28. The molecule has 2 heterocycles. The van der Waals surface area contributed by atoms with E-state index in [1.54, 1.807) is 0 Å². The topological polar surface area (TPSA) is 38.1 Å². The van der Waals surface area contributed by atoms with E-state index in [1.165, 1.54) is 19.3 Å². The quantitative estimate of drug-likeness (QED) is 0.793. The van der Waals surface area contributed by atoms with Crippen LogP contribution in [0.5, 0.6) is 0 Å². The highest BCUT2D eigenvalue weighted by Gasteiger charge is 2.30. The zero-order chi connectivity index (χ0) is 13.4. The average Bonchev–Trinajstić information content (AvgIpc) is 2.74. The number of amides is 1. The third-order valence-corrected chi connectivity index (χ3v) is 4.81. The molecular weight excluding hydrogens is 262 g/mol. The van der Waals surface area contributed by atoms with Gasteiger partial charge in [-0.25, -0.2) is 4.98 Å². The van der Waals surface area contributed by atoms with Crippen molar-refractivity contribution in [1.82, 2.24) is 14.5 Å². The van der Waals surface area contributed by atoms with Gasteiger partial charge in [-0.1, -0.05) is 19.3 Å². The lowest BCUT2D eigenvalue weighted by molar-refractivity contribution is -0.137. The van der Waals surface area contributed by atoms with Crippen LogP contribution in [0.4, 0.5) is 0 Å². The fraction of sp³-hybridized carbons (Fsp3) is 0.714. The van der Waals surface area contributed by atoms with E-state index in [1.807, 2.05) is 16.5 Å². The molecule has 1 aromatic rings. The molecule has 0 unspecified atom stereocenters. The van der Waals surface area contributed by atoms with Gasteiger partial charge in [0.05, 0.1) is 17.9 Å². The Balaban J connectivity index is 1.74. The first-order valence-corrected chi connectivity index (χ1v) is 7.53. The number of carbonyl (C=O) groups is 1. The number of halogens is 1. The molecule has 1 aliphatic carbocycles. The Morgan fingerprint density at radius 2 is 2.05 bits per heavy atom. The molecule has 0 atom stereocenters. The van der Waals surface area contributed by atoms with Crippen molar-refractivity contribution in [2.24, 2.45) is 13.0 Å². The lowest BCUT2D eigenvalue weighted by Gasteiger charge is -2.32. The number of imidazole rings is 1. The van der Waals surface area contributed by atoms with Gasteiger partial charge in [-0.2, -0.15) is 0 Å². The second-order valence-electron chi connectivity index (χ2n) is 5.68. The van der Waals surface area contributed by atoms with Crippen LogP contribution in [-0.2, 0) is 24.8 Å². The van der Waals surface area contributed by atoms with Crippen LogP contribution in [0.3, 0.4) is 0 Å². The van der Waals surface area contributed by atoms with Crippen LogP contribution in [-0.4, -0.2) is 26.9 Å². The Hall–Kier alpha value is -1.03. The van der Waals surface area contributed by atoms with Gasteiger partial charge in [0.15, 0.2) is 0 Å². The summed E-state index contributed by atoms with van der Waals surface area (Å²) >= 11 is 6.04. The van der Waals surface area contributed by atoms with E-state index in [0.717, 1.165) is 37.2 Å². The molecule has 0 aromatic carbocycles. The molecule has 19 heavy (non-hydrogen) atoms. The predicted octanol–water partition coefficient (Wildman–Crippen LogP) is 2.54. The van der Waals surface area contributed by atoms with Crippen molar-refractivity contribution >= 4 is 17.5 Å². The minimum Gasteiger partial charge on any atom is -0.336 e. The minimum atomic E-state index is 0.249. The third kappa shape index (κ3) is 2.38. The molecule has 2 aliphatic rings. The monoisotopic (exact) mass is 281 g/mol. The molecular formula is C14H20ClN3O. The molecule has 0 saturated heterocycles. The van der Waals surface area contributed by atoms with Gasteiger partial charge in [-0.05, 0) is 24.4 Å². The molecule has 1 amide bonds. The molecule has 0 spiro atoms. The van der Waals surface area contributed by atoms with E-state index in [4.69, 9.17) is 11.6 Å². The van der Waals surface area contributed by atoms with E-state index in [9.17, 15) is 4.79 Å². The summed E-state index contributed by atoms with van der Waals surface area (Å²) in [5.74, 6) is 0.585. The SMILES string of the molecule is Cn1c(Cl)nc2c1CN(C(=O)C1CCCCC1)CC2. The number of carbonyl (C=O) groups excluding carboxylic acids is 1. The minimum absolute atomic E-state index is 0.249. The van der Waals surface area contributed by atoms with E-state index in [2.05, 4.69) is 4.98 Å². The summed E-state index contributed by atoms with van der Waals surface area (Å²) in [5.41, 5.74) is 2.15. The number of hydrogen-bond donors (Lipinski definition) is 0. The van der Waals surface area contributed by atoms with Gasteiger partial charge in [0.2, 0.25) is 11.2 Å². The van der Waals surface area contributed by atoms with Gasteiger partial charge in [-0.3, -0.25) is 4.79 Å².